The van der Waals surface area contributed by atoms with Crippen molar-refractivity contribution in [1.82, 2.24) is 20.8 Å². The van der Waals surface area contributed by atoms with Crippen molar-refractivity contribution in [2.24, 2.45) is 0 Å². The van der Waals surface area contributed by atoms with Gasteiger partial charge in [-0.15, -0.1) is 22.7 Å². The number of nitrogens with zero attached hydrogens (tertiary/aromatic N) is 2. The molecule has 0 atom stereocenters. The van der Waals surface area contributed by atoms with Crippen molar-refractivity contribution < 1.29 is 9.59 Å². The molecule has 2 amide bonds. The number of aromatic nitrogens is 2. The first-order chi connectivity index (χ1) is 11.6. The predicted molar refractivity (Wildman–Crippen MR) is 93.7 cm³/mol. The van der Waals surface area contributed by atoms with Gasteiger partial charge in [0.05, 0.1) is 17.1 Å². The minimum atomic E-state index is -0.434. The quantitative estimate of drug-likeness (QED) is 0.702. The second kappa shape index (κ2) is 7.33. The summed E-state index contributed by atoms with van der Waals surface area (Å²) in [5.41, 5.74) is 6.87. The molecule has 0 aliphatic rings. The SMILES string of the molecule is Cc1nc(C(=O)NNC(=O)Cc2nc(-c3ccccc3)cs2)cs1. The zero-order chi connectivity index (χ0) is 16.9. The van der Waals surface area contributed by atoms with Crippen molar-refractivity contribution in [3.05, 3.63) is 56.8 Å². The van der Waals surface area contributed by atoms with E-state index in [1.54, 1.807) is 5.38 Å². The normalized spacial score (nSPS) is 10.4. The number of carbonyl (C=O) groups is 2. The van der Waals surface area contributed by atoms with E-state index in [4.69, 9.17) is 0 Å². The summed E-state index contributed by atoms with van der Waals surface area (Å²) in [5.74, 6) is -0.763. The molecule has 0 saturated heterocycles. The Kier molecular flexibility index (Phi) is 4.97. The molecule has 0 fully saturated rings. The van der Waals surface area contributed by atoms with Gasteiger partial charge in [-0.1, -0.05) is 30.3 Å². The van der Waals surface area contributed by atoms with Crippen LogP contribution >= 0.6 is 22.7 Å². The minimum Gasteiger partial charge on any atom is -0.273 e. The largest absolute Gasteiger partial charge is 0.289 e. The number of amides is 2. The smallest absolute Gasteiger partial charge is 0.273 e. The van der Waals surface area contributed by atoms with Gasteiger partial charge in [-0.05, 0) is 6.92 Å². The summed E-state index contributed by atoms with van der Waals surface area (Å²) < 4.78 is 0. The molecule has 3 aromatic rings. The van der Waals surface area contributed by atoms with Crippen molar-refractivity contribution in [2.75, 3.05) is 0 Å². The van der Waals surface area contributed by atoms with Gasteiger partial charge in [-0.25, -0.2) is 9.97 Å². The van der Waals surface area contributed by atoms with Crippen molar-refractivity contribution in [1.29, 1.82) is 0 Å². The average molecular weight is 358 g/mol. The molecule has 0 aliphatic carbocycles. The number of hydrogen-bond donors (Lipinski definition) is 2. The summed E-state index contributed by atoms with van der Waals surface area (Å²) in [6.07, 6.45) is 0.105. The molecule has 0 saturated carbocycles. The van der Waals surface area contributed by atoms with Crippen LogP contribution in [0.4, 0.5) is 0 Å². The summed E-state index contributed by atoms with van der Waals surface area (Å²) >= 11 is 2.79. The van der Waals surface area contributed by atoms with Gasteiger partial charge in [0.15, 0.2) is 0 Å². The molecular formula is C16H14N4O2S2. The van der Waals surface area contributed by atoms with E-state index in [-0.39, 0.29) is 12.3 Å². The van der Waals surface area contributed by atoms with Gasteiger partial charge in [0.1, 0.15) is 10.7 Å². The lowest BCUT2D eigenvalue weighted by Gasteiger charge is -2.04. The first-order valence-electron chi connectivity index (χ1n) is 7.13. The standard InChI is InChI=1S/C16H14N4O2S2/c1-10-17-13(9-23-10)16(22)20-19-14(21)7-15-18-12(8-24-15)11-5-3-2-4-6-11/h2-6,8-9H,7H2,1H3,(H,19,21)(H,20,22). The van der Waals surface area contributed by atoms with Crippen LogP contribution in [-0.4, -0.2) is 21.8 Å². The van der Waals surface area contributed by atoms with Gasteiger partial charge in [-0.3, -0.25) is 20.4 Å². The van der Waals surface area contributed by atoms with E-state index in [0.717, 1.165) is 16.3 Å². The number of carbonyl (C=O) groups excluding carboxylic acids is 2. The molecule has 3 rings (SSSR count). The second-order valence-corrected chi connectivity index (χ2v) is 6.93. The number of rotatable bonds is 4. The molecule has 0 unspecified atom stereocenters. The maximum atomic E-state index is 11.9. The molecule has 122 valence electrons. The van der Waals surface area contributed by atoms with Crippen LogP contribution in [0.1, 0.15) is 20.5 Å². The van der Waals surface area contributed by atoms with Crippen molar-refractivity contribution in [2.45, 2.75) is 13.3 Å². The van der Waals surface area contributed by atoms with Crippen LogP contribution in [0.5, 0.6) is 0 Å². The second-order valence-electron chi connectivity index (χ2n) is 4.92. The highest BCUT2D eigenvalue weighted by atomic mass is 32.1. The average Bonchev–Trinajstić information content (AvgIpc) is 3.23. The molecule has 2 aromatic heterocycles. The Morgan fingerprint density at radius 3 is 2.54 bits per heavy atom. The van der Waals surface area contributed by atoms with Crippen LogP contribution in [0, 0.1) is 6.92 Å². The fourth-order valence-electron chi connectivity index (χ4n) is 1.97. The topological polar surface area (TPSA) is 84.0 Å². The Bertz CT molecular complexity index is 858. The number of thiazole rings is 2. The van der Waals surface area contributed by atoms with Crippen LogP contribution < -0.4 is 10.9 Å². The number of benzene rings is 1. The van der Waals surface area contributed by atoms with Gasteiger partial charge in [0.25, 0.3) is 5.91 Å². The van der Waals surface area contributed by atoms with Crippen molar-refractivity contribution >= 4 is 34.5 Å². The molecule has 24 heavy (non-hydrogen) atoms. The summed E-state index contributed by atoms with van der Waals surface area (Å²) in [6, 6.07) is 9.76. The fourth-order valence-corrected chi connectivity index (χ4v) is 3.37. The first-order valence-corrected chi connectivity index (χ1v) is 8.89. The molecule has 8 heteroatoms. The highest BCUT2D eigenvalue weighted by Gasteiger charge is 2.12. The van der Waals surface area contributed by atoms with E-state index in [1.807, 2.05) is 42.6 Å². The third-order valence-electron chi connectivity index (χ3n) is 3.10. The third kappa shape index (κ3) is 4.03. The van der Waals surface area contributed by atoms with E-state index in [0.29, 0.717) is 10.7 Å². The molecule has 2 heterocycles. The summed E-state index contributed by atoms with van der Waals surface area (Å²) in [5, 5.41) is 5.03. The van der Waals surface area contributed by atoms with Gasteiger partial charge >= 0.3 is 0 Å². The number of hydrazine groups is 1. The van der Waals surface area contributed by atoms with E-state index in [2.05, 4.69) is 20.8 Å². The van der Waals surface area contributed by atoms with Crippen LogP contribution in [0.2, 0.25) is 0 Å². The lowest BCUT2D eigenvalue weighted by atomic mass is 10.2. The molecule has 0 aliphatic heterocycles. The van der Waals surface area contributed by atoms with Gasteiger partial charge in [0, 0.05) is 16.3 Å². The number of nitrogens with one attached hydrogen (secondary N) is 2. The molecule has 1 aromatic carbocycles. The van der Waals surface area contributed by atoms with Gasteiger partial charge in [0.2, 0.25) is 5.91 Å². The van der Waals surface area contributed by atoms with Crippen LogP contribution in [0.15, 0.2) is 41.1 Å². The van der Waals surface area contributed by atoms with E-state index in [9.17, 15) is 9.59 Å². The molecule has 0 radical (unpaired) electrons. The van der Waals surface area contributed by atoms with E-state index < -0.39 is 5.91 Å². The van der Waals surface area contributed by atoms with Crippen LogP contribution in [0.25, 0.3) is 11.3 Å². The van der Waals surface area contributed by atoms with Crippen LogP contribution in [0.3, 0.4) is 0 Å². The Hall–Kier alpha value is -2.58. The highest BCUT2D eigenvalue weighted by Crippen LogP contribution is 2.21. The Morgan fingerprint density at radius 2 is 1.83 bits per heavy atom. The Morgan fingerprint density at radius 1 is 1.04 bits per heavy atom. The first kappa shape index (κ1) is 16.3. The molecule has 2 N–H and O–H groups in total. The maximum Gasteiger partial charge on any atom is 0.289 e. The van der Waals surface area contributed by atoms with Crippen molar-refractivity contribution in [3.63, 3.8) is 0 Å². The summed E-state index contributed by atoms with van der Waals surface area (Å²) in [6.45, 7) is 1.81. The lowest BCUT2D eigenvalue weighted by molar-refractivity contribution is -0.121. The summed E-state index contributed by atoms with van der Waals surface area (Å²) in [7, 11) is 0. The number of hydrogen-bond acceptors (Lipinski definition) is 6. The van der Waals surface area contributed by atoms with Gasteiger partial charge < -0.3 is 0 Å². The van der Waals surface area contributed by atoms with E-state index >= 15 is 0 Å². The number of aryl methyl sites for hydroxylation is 1. The lowest BCUT2D eigenvalue weighted by Crippen LogP contribution is -2.42. The van der Waals surface area contributed by atoms with Gasteiger partial charge in [-0.2, -0.15) is 0 Å². The van der Waals surface area contributed by atoms with Crippen LogP contribution in [-0.2, 0) is 11.2 Å². The Balaban J connectivity index is 1.54. The zero-order valence-electron chi connectivity index (χ0n) is 12.8. The third-order valence-corrected chi connectivity index (χ3v) is 4.72. The minimum absolute atomic E-state index is 0.105. The highest BCUT2D eigenvalue weighted by molar-refractivity contribution is 7.10. The molecule has 0 bridgehead atoms. The molecular weight excluding hydrogens is 344 g/mol. The zero-order valence-corrected chi connectivity index (χ0v) is 14.4. The van der Waals surface area contributed by atoms with E-state index in [1.165, 1.54) is 22.7 Å². The fraction of sp³-hybridized carbons (Fsp3) is 0.125. The molecule has 0 spiro atoms. The predicted octanol–water partition coefficient (Wildman–Crippen LogP) is 2.58. The summed E-state index contributed by atoms with van der Waals surface area (Å²) in [4.78, 5) is 32.2. The van der Waals surface area contributed by atoms with Crippen molar-refractivity contribution in [3.8, 4) is 11.3 Å². The molecule has 6 nitrogen and oxygen atoms in total. The maximum absolute atomic E-state index is 11.9. The Labute approximate surface area is 146 Å². The monoisotopic (exact) mass is 358 g/mol.